The third-order valence-corrected chi connectivity index (χ3v) is 7.01. The quantitative estimate of drug-likeness (QED) is 0.442. The number of carbonyl (C=O) groups is 4. The molecule has 0 unspecified atom stereocenters. The molecule has 1 aromatic rings. The molecule has 0 saturated carbocycles. The van der Waals surface area contributed by atoms with Gasteiger partial charge in [-0.3, -0.25) is 24.1 Å². The summed E-state index contributed by atoms with van der Waals surface area (Å²) < 4.78 is 0. The van der Waals surface area contributed by atoms with Gasteiger partial charge in [-0.15, -0.1) is 0 Å². The lowest BCUT2D eigenvalue weighted by Gasteiger charge is -2.42. The van der Waals surface area contributed by atoms with Crippen LogP contribution in [0.3, 0.4) is 0 Å². The van der Waals surface area contributed by atoms with Gasteiger partial charge in [-0.25, -0.2) is 0 Å². The molecule has 4 atom stereocenters. The summed E-state index contributed by atoms with van der Waals surface area (Å²) in [6.07, 6.45) is 4.11. The third kappa shape index (κ3) is 2.43. The Morgan fingerprint density at radius 2 is 1.70 bits per heavy atom. The van der Waals surface area contributed by atoms with Crippen LogP contribution in [0, 0.1) is 17.8 Å². The Labute approximate surface area is 173 Å². The fraction of sp³-hybridized carbons (Fsp3) is 0.333. The maximum atomic E-state index is 13.0. The molecule has 3 aliphatic carbocycles. The van der Waals surface area contributed by atoms with Gasteiger partial charge in [0, 0.05) is 29.7 Å². The topological polar surface area (TPSA) is 91.8 Å². The molecule has 4 aliphatic rings. The molecule has 1 aliphatic heterocycles. The Morgan fingerprint density at radius 1 is 1.00 bits per heavy atom. The molecule has 1 fully saturated rings. The van der Waals surface area contributed by atoms with Crippen molar-refractivity contribution in [3.63, 3.8) is 0 Å². The molecule has 152 valence electrons. The van der Waals surface area contributed by atoms with Gasteiger partial charge >= 0.3 is 0 Å². The highest BCUT2D eigenvalue weighted by Crippen LogP contribution is 2.54. The lowest BCUT2D eigenvalue weighted by molar-refractivity contribution is -0.138. The summed E-state index contributed by atoms with van der Waals surface area (Å²) in [5.74, 6) is -2.32. The van der Waals surface area contributed by atoms with Gasteiger partial charge in [0.1, 0.15) is 5.75 Å². The van der Waals surface area contributed by atoms with E-state index in [-0.39, 0.29) is 35.0 Å². The molecule has 0 radical (unpaired) electrons. The first-order chi connectivity index (χ1) is 14.3. The lowest BCUT2D eigenvalue weighted by Crippen LogP contribution is -2.39. The molecule has 6 heteroatoms. The number of nitrogens with zero attached hydrogens (tertiary/aromatic N) is 1. The number of ketones is 2. The number of benzene rings is 1. The first kappa shape index (κ1) is 18.7. The summed E-state index contributed by atoms with van der Waals surface area (Å²) in [6, 6.07) is 6.60. The highest BCUT2D eigenvalue weighted by atomic mass is 16.3. The van der Waals surface area contributed by atoms with Crippen molar-refractivity contribution in [1.82, 2.24) is 4.90 Å². The fourth-order valence-corrected chi connectivity index (χ4v) is 5.59. The molecule has 1 aromatic carbocycles. The minimum Gasteiger partial charge on any atom is -0.508 e. The van der Waals surface area contributed by atoms with Gasteiger partial charge < -0.3 is 5.11 Å². The van der Waals surface area contributed by atoms with E-state index in [1.807, 2.05) is 6.08 Å². The molecular formula is C24H21NO5. The smallest absolute Gasteiger partial charge is 0.233 e. The van der Waals surface area contributed by atoms with Crippen molar-refractivity contribution in [2.45, 2.75) is 25.7 Å². The number of rotatable bonds is 1. The molecule has 5 rings (SSSR count). The van der Waals surface area contributed by atoms with Crippen LogP contribution in [0.15, 0.2) is 58.7 Å². The van der Waals surface area contributed by atoms with Gasteiger partial charge in [-0.1, -0.05) is 23.8 Å². The predicted molar refractivity (Wildman–Crippen MR) is 107 cm³/mol. The number of imide groups is 1. The van der Waals surface area contributed by atoms with E-state index in [2.05, 4.69) is 0 Å². The predicted octanol–water partition coefficient (Wildman–Crippen LogP) is 2.45. The van der Waals surface area contributed by atoms with E-state index in [1.165, 1.54) is 18.0 Å². The summed E-state index contributed by atoms with van der Waals surface area (Å²) in [5, 5.41) is 9.72. The first-order valence-electron chi connectivity index (χ1n) is 10.1. The van der Waals surface area contributed by atoms with E-state index in [0.29, 0.717) is 29.6 Å². The van der Waals surface area contributed by atoms with Crippen molar-refractivity contribution in [2.75, 3.05) is 7.05 Å². The van der Waals surface area contributed by atoms with Crippen molar-refractivity contribution in [1.29, 1.82) is 0 Å². The number of amides is 2. The average molecular weight is 403 g/mol. The van der Waals surface area contributed by atoms with Gasteiger partial charge in [0.15, 0.2) is 11.6 Å². The summed E-state index contributed by atoms with van der Waals surface area (Å²) >= 11 is 0. The van der Waals surface area contributed by atoms with Crippen LogP contribution in [0.4, 0.5) is 0 Å². The molecule has 1 heterocycles. The number of hydrogen-bond donors (Lipinski definition) is 1. The minimum absolute atomic E-state index is 0.109. The van der Waals surface area contributed by atoms with Crippen LogP contribution < -0.4 is 0 Å². The van der Waals surface area contributed by atoms with Crippen molar-refractivity contribution >= 4 is 23.4 Å². The van der Waals surface area contributed by atoms with Crippen molar-refractivity contribution in [3.05, 3.63) is 64.3 Å². The van der Waals surface area contributed by atoms with E-state index >= 15 is 0 Å². The van der Waals surface area contributed by atoms with E-state index < -0.39 is 17.8 Å². The van der Waals surface area contributed by atoms with Crippen LogP contribution in [0.2, 0.25) is 0 Å². The van der Waals surface area contributed by atoms with Crippen molar-refractivity contribution in [2.24, 2.45) is 17.8 Å². The number of aromatic hydroxyl groups is 1. The Kier molecular flexibility index (Phi) is 3.97. The molecular weight excluding hydrogens is 382 g/mol. The van der Waals surface area contributed by atoms with Crippen LogP contribution >= 0.6 is 0 Å². The van der Waals surface area contributed by atoms with E-state index in [1.54, 1.807) is 31.2 Å². The summed E-state index contributed by atoms with van der Waals surface area (Å²) in [7, 11) is 1.51. The molecule has 0 aromatic heterocycles. The van der Waals surface area contributed by atoms with Gasteiger partial charge in [-0.05, 0) is 49.5 Å². The van der Waals surface area contributed by atoms with Gasteiger partial charge in [-0.2, -0.15) is 0 Å². The number of phenolic OH excluding ortho intramolecular Hbond substituents is 1. The van der Waals surface area contributed by atoms with Gasteiger partial charge in [0.25, 0.3) is 0 Å². The second kappa shape index (κ2) is 6.36. The van der Waals surface area contributed by atoms with Gasteiger partial charge in [0.2, 0.25) is 11.8 Å². The van der Waals surface area contributed by atoms with E-state index in [0.717, 1.165) is 11.1 Å². The zero-order valence-electron chi connectivity index (χ0n) is 16.7. The average Bonchev–Trinajstić information content (AvgIpc) is 2.95. The number of carbonyl (C=O) groups excluding carboxylic acids is 4. The Morgan fingerprint density at radius 3 is 2.40 bits per heavy atom. The second-order valence-electron chi connectivity index (χ2n) is 8.56. The van der Waals surface area contributed by atoms with Crippen LogP contribution in [0.1, 0.15) is 31.2 Å². The maximum absolute atomic E-state index is 13.0. The zero-order valence-corrected chi connectivity index (χ0v) is 16.7. The van der Waals surface area contributed by atoms with Crippen LogP contribution in [-0.4, -0.2) is 40.4 Å². The summed E-state index contributed by atoms with van der Waals surface area (Å²) in [5.41, 5.74) is 3.02. The Hall–Kier alpha value is -3.28. The first-order valence-corrected chi connectivity index (χ1v) is 10.1. The molecule has 0 bridgehead atoms. The maximum Gasteiger partial charge on any atom is 0.233 e. The normalized spacial score (nSPS) is 30.7. The fourth-order valence-electron chi connectivity index (χ4n) is 5.59. The molecule has 6 nitrogen and oxygen atoms in total. The second-order valence-corrected chi connectivity index (χ2v) is 8.56. The number of phenols is 1. The van der Waals surface area contributed by atoms with Gasteiger partial charge in [0.05, 0.1) is 11.8 Å². The number of Topliss-reactive ketones (excluding diaryl/α,β-unsaturated/α-hetero) is 1. The minimum atomic E-state index is -0.509. The third-order valence-electron chi connectivity index (χ3n) is 7.01. The van der Waals surface area contributed by atoms with Crippen LogP contribution in [0.5, 0.6) is 5.75 Å². The highest BCUT2D eigenvalue weighted by molar-refractivity contribution is 6.23. The molecule has 1 saturated heterocycles. The standard InChI is InChI=1S/C24H21NO5/c1-11-9-18(27)21-17(22(11)28)10-16-14(19(21)12-3-5-13(26)6-4-12)7-8-15-20(16)24(30)25(2)23(15)29/h3-7,9,15-16,19-20,26H,8,10H2,1-2H3/t15-,16+,19-,20-/m0/s1. The monoisotopic (exact) mass is 403 g/mol. The Bertz CT molecular complexity index is 1120. The molecule has 0 spiro atoms. The van der Waals surface area contributed by atoms with E-state index in [4.69, 9.17) is 0 Å². The van der Waals surface area contributed by atoms with Crippen molar-refractivity contribution in [3.8, 4) is 5.75 Å². The number of hydrogen-bond acceptors (Lipinski definition) is 5. The molecule has 2 amide bonds. The highest BCUT2D eigenvalue weighted by Gasteiger charge is 2.55. The number of likely N-dealkylation sites (tertiary alicyclic amines) is 1. The SMILES string of the molecule is CC1=CC(=O)C2=C(C[C@@H]3C(=CC[C@@H]4C(=O)N(C)C(=O)[C@@H]43)[C@@H]2c2ccc(O)cc2)C1=O. The number of fused-ring (bicyclic) bond motifs is 3. The largest absolute Gasteiger partial charge is 0.508 e. The van der Waals surface area contributed by atoms with E-state index in [9.17, 15) is 24.3 Å². The van der Waals surface area contributed by atoms with Crippen molar-refractivity contribution < 1.29 is 24.3 Å². The number of allylic oxidation sites excluding steroid dienone is 6. The Balaban J connectivity index is 1.71. The lowest BCUT2D eigenvalue weighted by atomic mass is 9.59. The zero-order chi connectivity index (χ0) is 21.3. The summed E-state index contributed by atoms with van der Waals surface area (Å²) in [6.45, 7) is 1.63. The molecule has 1 N–H and O–H groups in total. The van der Waals surface area contributed by atoms with Crippen LogP contribution in [-0.2, 0) is 19.2 Å². The summed E-state index contributed by atoms with van der Waals surface area (Å²) in [4.78, 5) is 52.7. The molecule has 30 heavy (non-hydrogen) atoms. The van der Waals surface area contributed by atoms with Crippen LogP contribution in [0.25, 0.3) is 0 Å².